The van der Waals surface area contributed by atoms with E-state index in [1.54, 1.807) is 19.4 Å². The van der Waals surface area contributed by atoms with E-state index in [1.807, 2.05) is 17.0 Å². The van der Waals surface area contributed by atoms with Crippen LogP contribution in [0.5, 0.6) is 0 Å². The third-order valence-electron chi connectivity index (χ3n) is 3.51. The number of aromatic nitrogens is 2. The number of halogens is 1. The van der Waals surface area contributed by atoms with Crippen LogP contribution in [0.4, 0.5) is 5.69 Å². The van der Waals surface area contributed by atoms with Crippen LogP contribution >= 0.6 is 15.9 Å². The fourth-order valence-corrected chi connectivity index (χ4v) is 2.82. The SMILES string of the molecule is CNC(=O)C1COCCN1c1ccnc2cc(Br)cnc12. The quantitative estimate of drug-likeness (QED) is 0.885. The molecule has 1 aliphatic rings. The number of carbonyl (C=O) groups is 1. The fraction of sp³-hybridized carbons (Fsp3) is 0.357. The Hall–Kier alpha value is -1.73. The zero-order valence-corrected chi connectivity index (χ0v) is 13.1. The van der Waals surface area contributed by atoms with Crippen molar-refractivity contribution in [2.75, 3.05) is 31.7 Å². The van der Waals surface area contributed by atoms with Crippen LogP contribution in [-0.2, 0) is 9.53 Å². The molecule has 0 aromatic carbocycles. The van der Waals surface area contributed by atoms with E-state index in [2.05, 4.69) is 31.2 Å². The second kappa shape index (κ2) is 5.95. The Bertz CT molecular complexity index is 679. The van der Waals surface area contributed by atoms with Gasteiger partial charge in [0.1, 0.15) is 11.6 Å². The number of amides is 1. The van der Waals surface area contributed by atoms with E-state index in [4.69, 9.17) is 4.74 Å². The molecule has 2 aromatic heterocycles. The summed E-state index contributed by atoms with van der Waals surface area (Å²) in [5, 5.41) is 2.69. The summed E-state index contributed by atoms with van der Waals surface area (Å²) in [7, 11) is 1.63. The van der Waals surface area contributed by atoms with Crippen molar-refractivity contribution in [2.24, 2.45) is 0 Å². The number of morpholine rings is 1. The summed E-state index contributed by atoms with van der Waals surface area (Å²) >= 11 is 3.40. The molecule has 0 radical (unpaired) electrons. The second-order valence-corrected chi connectivity index (χ2v) is 5.67. The van der Waals surface area contributed by atoms with Gasteiger partial charge >= 0.3 is 0 Å². The molecule has 1 aliphatic heterocycles. The van der Waals surface area contributed by atoms with Gasteiger partial charge in [0.15, 0.2) is 0 Å². The second-order valence-electron chi connectivity index (χ2n) is 4.75. The van der Waals surface area contributed by atoms with Crippen LogP contribution in [-0.4, -0.2) is 48.7 Å². The standard InChI is InChI=1S/C14H15BrN4O2/c1-16-14(20)12-8-21-5-4-19(12)11-2-3-17-10-6-9(15)7-18-13(10)11/h2-3,6-7,12H,4-5,8H2,1H3,(H,16,20). The predicted molar refractivity (Wildman–Crippen MR) is 83.3 cm³/mol. The first-order chi connectivity index (χ1) is 10.2. The summed E-state index contributed by atoms with van der Waals surface area (Å²) in [5.41, 5.74) is 2.49. The number of nitrogens with zero attached hydrogens (tertiary/aromatic N) is 3. The molecule has 0 bridgehead atoms. The van der Waals surface area contributed by atoms with Crippen LogP contribution in [0.25, 0.3) is 11.0 Å². The maximum absolute atomic E-state index is 12.1. The van der Waals surface area contributed by atoms with Crippen LogP contribution in [0.1, 0.15) is 0 Å². The fourth-order valence-electron chi connectivity index (χ4n) is 2.50. The summed E-state index contributed by atoms with van der Waals surface area (Å²) in [6, 6.07) is 3.46. The zero-order chi connectivity index (χ0) is 14.8. The van der Waals surface area contributed by atoms with Crippen molar-refractivity contribution in [3.63, 3.8) is 0 Å². The number of rotatable bonds is 2. The molecular formula is C14H15BrN4O2. The highest BCUT2D eigenvalue weighted by Gasteiger charge is 2.30. The average Bonchev–Trinajstić information content (AvgIpc) is 2.53. The first-order valence-electron chi connectivity index (χ1n) is 6.67. The lowest BCUT2D eigenvalue weighted by Crippen LogP contribution is -2.53. The van der Waals surface area contributed by atoms with E-state index in [-0.39, 0.29) is 11.9 Å². The lowest BCUT2D eigenvalue weighted by atomic mass is 10.1. The molecule has 1 fully saturated rings. The van der Waals surface area contributed by atoms with Crippen LogP contribution in [0.2, 0.25) is 0 Å². The first-order valence-corrected chi connectivity index (χ1v) is 7.46. The average molecular weight is 351 g/mol. The Labute approximate surface area is 130 Å². The van der Waals surface area contributed by atoms with Crippen molar-refractivity contribution in [1.29, 1.82) is 0 Å². The van der Waals surface area contributed by atoms with Gasteiger partial charge in [-0.05, 0) is 28.1 Å². The van der Waals surface area contributed by atoms with E-state index in [9.17, 15) is 4.79 Å². The molecule has 3 rings (SSSR count). The predicted octanol–water partition coefficient (Wildman–Crippen LogP) is 1.34. The molecule has 1 saturated heterocycles. The summed E-state index contributed by atoms with van der Waals surface area (Å²) in [5.74, 6) is -0.0585. The molecule has 0 saturated carbocycles. The van der Waals surface area contributed by atoms with Crippen LogP contribution in [0, 0.1) is 0 Å². The molecule has 21 heavy (non-hydrogen) atoms. The number of hydrogen-bond donors (Lipinski definition) is 1. The Morgan fingerprint density at radius 3 is 3.19 bits per heavy atom. The minimum absolute atomic E-state index is 0.0585. The van der Waals surface area contributed by atoms with Crippen molar-refractivity contribution in [1.82, 2.24) is 15.3 Å². The van der Waals surface area contributed by atoms with Gasteiger partial charge in [-0.3, -0.25) is 14.8 Å². The topological polar surface area (TPSA) is 67.3 Å². The number of anilines is 1. The van der Waals surface area contributed by atoms with Crippen molar-refractivity contribution >= 4 is 38.6 Å². The molecule has 0 spiro atoms. The molecule has 6 nitrogen and oxygen atoms in total. The maximum atomic E-state index is 12.1. The Morgan fingerprint density at radius 1 is 1.52 bits per heavy atom. The molecule has 0 aliphatic carbocycles. The van der Waals surface area contributed by atoms with Gasteiger partial charge in [0, 0.05) is 30.5 Å². The Kier molecular flexibility index (Phi) is 4.03. The largest absolute Gasteiger partial charge is 0.377 e. The summed E-state index contributed by atoms with van der Waals surface area (Å²) < 4.78 is 6.32. The summed E-state index contributed by atoms with van der Waals surface area (Å²) in [6.07, 6.45) is 3.48. The third-order valence-corrected chi connectivity index (χ3v) is 3.94. The third kappa shape index (κ3) is 2.71. The minimum atomic E-state index is -0.347. The highest BCUT2D eigenvalue weighted by Crippen LogP contribution is 2.28. The minimum Gasteiger partial charge on any atom is -0.377 e. The zero-order valence-electron chi connectivity index (χ0n) is 11.5. The van der Waals surface area contributed by atoms with Gasteiger partial charge in [-0.1, -0.05) is 0 Å². The van der Waals surface area contributed by atoms with Crippen molar-refractivity contribution in [2.45, 2.75) is 6.04 Å². The number of pyridine rings is 2. The number of hydrogen-bond acceptors (Lipinski definition) is 5. The van der Waals surface area contributed by atoms with Crippen molar-refractivity contribution in [3.8, 4) is 0 Å². The molecule has 1 atom stereocenters. The van der Waals surface area contributed by atoms with Gasteiger partial charge in [-0.15, -0.1) is 0 Å². The van der Waals surface area contributed by atoms with Crippen LogP contribution in [0.15, 0.2) is 29.0 Å². The van der Waals surface area contributed by atoms with Crippen molar-refractivity contribution < 1.29 is 9.53 Å². The number of nitrogens with one attached hydrogen (secondary N) is 1. The highest BCUT2D eigenvalue weighted by atomic mass is 79.9. The molecule has 3 heterocycles. The van der Waals surface area contributed by atoms with Gasteiger partial charge in [0.05, 0.1) is 24.4 Å². The van der Waals surface area contributed by atoms with Gasteiger partial charge in [-0.2, -0.15) is 0 Å². The van der Waals surface area contributed by atoms with E-state index < -0.39 is 0 Å². The molecular weight excluding hydrogens is 336 g/mol. The number of carbonyl (C=O) groups excluding carboxylic acids is 1. The molecule has 1 N–H and O–H groups in total. The lowest BCUT2D eigenvalue weighted by molar-refractivity contribution is -0.124. The highest BCUT2D eigenvalue weighted by molar-refractivity contribution is 9.10. The molecule has 7 heteroatoms. The molecule has 2 aromatic rings. The van der Waals surface area contributed by atoms with Gasteiger partial charge < -0.3 is 15.0 Å². The number of likely N-dealkylation sites (N-methyl/N-ethyl adjacent to an activating group) is 1. The summed E-state index contributed by atoms with van der Waals surface area (Å²) in [4.78, 5) is 22.9. The lowest BCUT2D eigenvalue weighted by Gasteiger charge is -2.36. The Morgan fingerprint density at radius 2 is 2.38 bits per heavy atom. The maximum Gasteiger partial charge on any atom is 0.244 e. The molecule has 1 amide bonds. The molecule has 1 unspecified atom stereocenters. The van der Waals surface area contributed by atoms with E-state index in [0.717, 1.165) is 21.2 Å². The smallest absolute Gasteiger partial charge is 0.244 e. The van der Waals surface area contributed by atoms with Crippen molar-refractivity contribution in [3.05, 3.63) is 29.0 Å². The van der Waals surface area contributed by atoms with E-state index in [1.165, 1.54) is 0 Å². The van der Waals surface area contributed by atoms with Gasteiger partial charge in [0.2, 0.25) is 5.91 Å². The van der Waals surface area contributed by atoms with Gasteiger partial charge in [0.25, 0.3) is 0 Å². The monoisotopic (exact) mass is 350 g/mol. The van der Waals surface area contributed by atoms with Crippen LogP contribution < -0.4 is 10.2 Å². The number of fused-ring (bicyclic) bond motifs is 1. The van der Waals surface area contributed by atoms with Gasteiger partial charge in [-0.25, -0.2) is 0 Å². The van der Waals surface area contributed by atoms with E-state index in [0.29, 0.717) is 19.8 Å². The normalized spacial score (nSPS) is 18.8. The van der Waals surface area contributed by atoms with Crippen LogP contribution in [0.3, 0.4) is 0 Å². The Balaban J connectivity index is 2.07. The summed E-state index contributed by atoms with van der Waals surface area (Å²) in [6.45, 7) is 1.61. The first kappa shape index (κ1) is 14.2. The number of ether oxygens (including phenoxy) is 1. The van der Waals surface area contributed by atoms with E-state index >= 15 is 0 Å². The molecule has 110 valence electrons.